The molecule has 1 unspecified atom stereocenters. The summed E-state index contributed by atoms with van der Waals surface area (Å²) in [5, 5.41) is 1.18. The molecular formula is C23H28I3N3O2S. The molecule has 0 aliphatic carbocycles. The van der Waals surface area contributed by atoms with Gasteiger partial charge in [-0.1, -0.05) is 0 Å². The van der Waals surface area contributed by atoms with Crippen LogP contribution in [0, 0.1) is 18.4 Å². The fraction of sp³-hybridized carbons (Fsp3) is 0.435. The number of carbonyl (C=O) groups excluding carboxylic acids is 1. The van der Waals surface area contributed by atoms with Gasteiger partial charge < -0.3 is 0 Å². The molecule has 5 nitrogen and oxygen atoms in total. The van der Waals surface area contributed by atoms with E-state index in [1.165, 1.54) is 37.3 Å². The van der Waals surface area contributed by atoms with Crippen LogP contribution in [0.5, 0.6) is 0 Å². The molecule has 0 aromatic heterocycles. The van der Waals surface area contributed by atoms with Gasteiger partial charge in [0.15, 0.2) is 0 Å². The molecule has 1 saturated heterocycles. The van der Waals surface area contributed by atoms with E-state index in [0.717, 1.165) is 13.1 Å². The SMILES string of the molecule is Cc1cc(N2CCN(C(=O)OC(C)(C)C)CC2)cc2c1N=c1c(C)cccc1=S2I(I)I. The summed E-state index contributed by atoms with van der Waals surface area (Å²) in [6.45, 7) is 13.1. The number of halogens is 3. The van der Waals surface area contributed by atoms with Crippen LogP contribution in [0.15, 0.2) is 40.2 Å². The molecule has 1 atom stereocenters. The van der Waals surface area contributed by atoms with Crippen LogP contribution in [0.2, 0.25) is 0 Å². The second-order valence-corrected chi connectivity index (χ2v) is 44.9. The molecule has 2 heterocycles. The number of piperazine rings is 1. The molecule has 2 aliphatic heterocycles. The van der Waals surface area contributed by atoms with Crippen molar-refractivity contribution < 1.29 is 9.53 Å². The van der Waals surface area contributed by atoms with Gasteiger partial charge >= 0.3 is 220 Å². The monoisotopic (exact) mass is 791 g/mol. The van der Waals surface area contributed by atoms with E-state index in [4.69, 9.17) is 9.73 Å². The van der Waals surface area contributed by atoms with Crippen molar-refractivity contribution >= 4 is 72.8 Å². The maximum absolute atomic E-state index is 12.4. The van der Waals surface area contributed by atoms with Crippen LogP contribution in [-0.2, 0) is 4.74 Å². The van der Waals surface area contributed by atoms with Crippen molar-refractivity contribution in [3.8, 4) is 0 Å². The molecule has 1 fully saturated rings. The topological polar surface area (TPSA) is 45.1 Å². The third kappa shape index (κ3) is 5.24. The molecule has 2 aromatic carbocycles. The quantitative estimate of drug-likeness (QED) is 0.237. The first-order valence-corrected chi connectivity index (χ1v) is 26.9. The minimum atomic E-state index is -1.25. The van der Waals surface area contributed by atoms with Gasteiger partial charge in [0.25, 0.3) is 0 Å². The van der Waals surface area contributed by atoms with Crippen molar-refractivity contribution in [1.82, 2.24) is 4.90 Å². The van der Waals surface area contributed by atoms with Crippen LogP contribution >= 0.6 is 55.4 Å². The average Bonchev–Trinajstić information content (AvgIpc) is 2.71. The molecule has 32 heavy (non-hydrogen) atoms. The Morgan fingerprint density at radius 2 is 1.78 bits per heavy atom. The molecule has 9 heteroatoms. The number of hydrogen-bond donors (Lipinski definition) is 0. The number of ether oxygens (including phenoxy) is 1. The number of aryl methyl sites for hydroxylation is 2. The second-order valence-electron chi connectivity index (χ2n) is 9.02. The molecule has 1 amide bonds. The number of fused-ring (bicyclic) bond motifs is 2. The van der Waals surface area contributed by atoms with Gasteiger partial charge in [-0.25, -0.2) is 0 Å². The number of hydrogen-bond acceptors (Lipinski definition) is 4. The zero-order valence-corrected chi connectivity index (χ0v) is 26.2. The number of nitrogens with zero attached hydrogens (tertiary/aromatic N) is 3. The Morgan fingerprint density at radius 1 is 1.09 bits per heavy atom. The molecule has 0 spiro atoms. The van der Waals surface area contributed by atoms with Crippen molar-refractivity contribution in [2.24, 2.45) is 4.99 Å². The van der Waals surface area contributed by atoms with Gasteiger partial charge in [-0.3, -0.25) is 0 Å². The van der Waals surface area contributed by atoms with Crippen LogP contribution in [0.1, 0.15) is 31.9 Å². The van der Waals surface area contributed by atoms with Gasteiger partial charge in [0.1, 0.15) is 0 Å². The minimum absolute atomic E-state index is 0.118. The Labute approximate surface area is 217 Å². The van der Waals surface area contributed by atoms with Crippen LogP contribution < -0.4 is 10.3 Å². The van der Waals surface area contributed by atoms with E-state index >= 15 is 0 Å². The Morgan fingerprint density at radius 3 is 2.41 bits per heavy atom. The second kappa shape index (κ2) is 9.84. The number of carbonyl (C=O) groups is 1. The van der Waals surface area contributed by atoms with Crippen LogP contribution in [-0.4, -0.2) is 42.8 Å². The summed E-state index contributed by atoms with van der Waals surface area (Å²) in [6, 6.07) is 11.3. The van der Waals surface area contributed by atoms with Crippen LogP contribution in [0.25, 0.3) is 0 Å². The summed E-state index contributed by atoms with van der Waals surface area (Å²) in [5.41, 5.74) is 4.46. The molecule has 2 aliphatic rings. The van der Waals surface area contributed by atoms with Gasteiger partial charge in [-0.15, -0.1) is 0 Å². The molecule has 2 aromatic rings. The summed E-state index contributed by atoms with van der Waals surface area (Å²) >= 11 is 5.42. The van der Waals surface area contributed by atoms with E-state index in [1.807, 2.05) is 25.7 Å². The molecular weight excluding hydrogens is 763 g/mol. The standard InChI is InChI=1S/C23H28I3N3O2S/c1-15-7-6-8-18-20(15)27-21-16(2)13-17(14-19(21)32(18)26(24)25)28-9-11-29(12-10-28)22(30)31-23(3,4)5/h6-8,13-14H,9-12H2,1-5H3. The molecule has 0 radical (unpaired) electrons. The van der Waals surface area contributed by atoms with E-state index in [9.17, 15) is 4.79 Å². The number of anilines is 1. The van der Waals surface area contributed by atoms with Crippen LogP contribution in [0.4, 0.5) is 16.2 Å². The Balaban J connectivity index is 1.65. The summed E-state index contributed by atoms with van der Waals surface area (Å²) < 4.78 is 6.97. The van der Waals surface area contributed by atoms with E-state index in [0.29, 0.717) is 13.1 Å². The fourth-order valence-corrected chi connectivity index (χ4v) is 24.3. The molecule has 0 bridgehead atoms. The van der Waals surface area contributed by atoms with E-state index in [-0.39, 0.29) is 13.7 Å². The fourth-order valence-electron chi connectivity index (χ4n) is 3.94. The maximum atomic E-state index is 12.4. The van der Waals surface area contributed by atoms with Gasteiger partial charge in [0.2, 0.25) is 0 Å². The summed E-state index contributed by atoms with van der Waals surface area (Å²) in [6.07, 6.45) is -0.212. The van der Waals surface area contributed by atoms with Gasteiger partial charge in [-0.2, -0.15) is 0 Å². The summed E-state index contributed by atoms with van der Waals surface area (Å²) in [5.74, 6) is 0. The zero-order valence-electron chi connectivity index (χ0n) is 18.9. The first kappa shape index (κ1) is 25.0. The van der Waals surface area contributed by atoms with E-state index < -0.39 is 16.1 Å². The first-order chi connectivity index (χ1) is 15.0. The number of amides is 1. The Hall–Kier alpha value is -0.150. The first-order valence-electron chi connectivity index (χ1n) is 10.5. The molecule has 0 saturated carbocycles. The third-order valence-corrected chi connectivity index (χ3v) is 25.4. The summed E-state index contributed by atoms with van der Waals surface area (Å²) in [4.78, 5) is 23.2. The van der Waals surface area contributed by atoms with Gasteiger partial charge in [0.05, 0.1) is 0 Å². The number of para-hydroxylation sites is 1. The van der Waals surface area contributed by atoms with Gasteiger partial charge in [-0.05, 0) is 0 Å². The summed E-state index contributed by atoms with van der Waals surface area (Å²) in [7, 11) is -1.13. The van der Waals surface area contributed by atoms with Crippen molar-refractivity contribution in [1.29, 1.82) is 0 Å². The number of benzene rings is 2. The third-order valence-electron chi connectivity index (χ3n) is 5.47. The molecule has 174 valence electrons. The van der Waals surface area contributed by atoms with Crippen molar-refractivity contribution in [3.63, 3.8) is 0 Å². The van der Waals surface area contributed by atoms with E-state index in [2.05, 4.69) is 86.3 Å². The van der Waals surface area contributed by atoms with E-state index in [1.54, 1.807) is 0 Å². The molecule has 0 N–H and O–H groups in total. The van der Waals surface area contributed by atoms with Gasteiger partial charge in [0, 0.05) is 0 Å². The predicted molar refractivity (Wildman–Crippen MR) is 160 cm³/mol. The van der Waals surface area contributed by atoms with Crippen LogP contribution in [0.3, 0.4) is 0 Å². The normalized spacial score (nSPS) is 18.5. The van der Waals surface area contributed by atoms with Crippen molar-refractivity contribution in [3.05, 3.63) is 51.3 Å². The van der Waals surface area contributed by atoms with Crippen molar-refractivity contribution in [2.45, 2.75) is 45.1 Å². The Bertz CT molecular complexity index is 1190. The number of rotatable bonds is 2. The zero-order chi connectivity index (χ0) is 23.2. The Kier molecular flexibility index (Phi) is 7.68. The average molecular weight is 791 g/mol. The predicted octanol–water partition coefficient (Wildman–Crippen LogP) is 7.33. The molecule has 4 rings (SSSR count). The van der Waals surface area contributed by atoms with Crippen molar-refractivity contribution in [2.75, 3.05) is 31.1 Å².